The lowest BCUT2D eigenvalue weighted by molar-refractivity contribution is -0.242. The van der Waals surface area contributed by atoms with Gasteiger partial charge < -0.3 is 28.4 Å². The number of fused-ring (bicyclic) bond motifs is 3. The minimum Gasteiger partial charge on any atom is -0.378 e. The lowest BCUT2D eigenvalue weighted by Gasteiger charge is -2.37. The van der Waals surface area contributed by atoms with Gasteiger partial charge in [0.2, 0.25) is 0 Å². The zero-order chi connectivity index (χ0) is 21.7. The molecule has 0 aromatic heterocycles. The Kier molecular flexibility index (Phi) is 5.76. The SMILES string of the molecule is Cc1ccc(S(=O)(=O)CCOC[C@H]2O[C@@H]3OC(C)(C)O[C@@H]3[C@H]3OC(C)(C)O[C@H]32)cc1. The molecular weight excluding hydrogens is 412 g/mol. The van der Waals surface area contributed by atoms with Gasteiger partial charge in [-0.15, -0.1) is 0 Å². The molecule has 1 aromatic rings. The molecule has 0 radical (unpaired) electrons. The van der Waals surface area contributed by atoms with Gasteiger partial charge in [-0.3, -0.25) is 0 Å². The van der Waals surface area contributed by atoms with Crippen LogP contribution in [-0.4, -0.2) is 69.7 Å². The predicted molar refractivity (Wildman–Crippen MR) is 107 cm³/mol. The van der Waals surface area contributed by atoms with Crippen molar-refractivity contribution in [2.45, 2.75) is 81.8 Å². The summed E-state index contributed by atoms with van der Waals surface area (Å²) in [6.07, 6.45) is -2.20. The highest BCUT2D eigenvalue weighted by Crippen LogP contribution is 2.44. The van der Waals surface area contributed by atoms with E-state index in [0.717, 1.165) is 5.56 Å². The van der Waals surface area contributed by atoms with E-state index in [9.17, 15) is 8.42 Å². The first-order valence-corrected chi connectivity index (χ1v) is 11.8. The smallest absolute Gasteiger partial charge is 0.190 e. The van der Waals surface area contributed by atoms with Crippen molar-refractivity contribution in [3.05, 3.63) is 29.8 Å². The molecule has 8 nitrogen and oxygen atoms in total. The van der Waals surface area contributed by atoms with E-state index in [4.69, 9.17) is 28.4 Å². The van der Waals surface area contributed by atoms with Crippen LogP contribution in [0.3, 0.4) is 0 Å². The zero-order valence-electron chi connectivity index (χ0n) is 18.0. The van der Waals surface area contributed by atoms with E-state index in [1.54, 1.807) is 24.3 Å². The quantitative estimate of drug-likeness (QED) is 0.620. The van der Waals surface area contributed by atoms with Crippen molar-refractivity contribution in [2.75, 3.05) is 19.0 Å². The van der Waals surface area contributed by atoms with Crippen LogP contribution in [0.4, 0.5) is 0 Å². The van der Waals surface area contributed by atoms with Crippen LogP contribution in [0, 0.1) is 6.92 Å². The summed E-state index contributed by atoms with van der Waals surface area (Å²) >= 11 is 0. The fraction of sp³-hybridized carbons (Fsp3) is 0.714. The standard InChI is InChI=1S/C21H30O8S/c1-13-6-8-14(9-7-13)30(22,23)11-10-24-12-15-16-17(27-20(2,3)26-16)18-19(25-15)29-21(4,5)28-18/h6-9,15-19H,10-12H2,1-5H3/t15-,16+,17+,18-,19-/m1/s1. The van der Waals surface area contributed by atoms with Gasteiger partial charge in [0.25, 0.3) is 0 Å². The number of ether oxygens (including phenoxy) is 6. The number of hydrogen-bond donors (Lipinski definition) is 0. The fourth-order valence-corrected chi connectivity index (χ4v) is 5.18. The Morgan fingerprint density at radius 2 is 1.50 bits per heavy atom. The Morgan fingerprint density at radius 3 is 2.20 bits per heavy atom. The average Bonchev–Trinajstić information content (AvgIpc) is 3.13. The minimum absolute atomic E-state index is 0.0502. The van der Waals surface area contributed by atoms with Crippen molar-refractivity contribution in [1.82, 2.24) is 0 Å². The molecule has 168 valence electrons. The Morgan fingerprint density at radius 1 is 0.900 bits per heavy atom. The molecule has 1 aromatic carbocycles. The molecule has 3 heterocycles. The van der Waals surface area contributed by atoms with Crippen LogP contribution >= 0.6 is 0 Å². The monoisotopic (exact) mass is 442 g/mol. The molecule has 4 rings (SSSR count). The lowest BCUT2D eigenvalue weighted by atomic mass is 9.99. The first kappa shape index (κ1) is 22.1. The van der Waals surface area contributed by atoms with Crippen LogP contribution in [-0.2, 0) is 38.3 Å². The van der Waals surface area contributed by atoms with Gasteiger partial charge in [0.05, 0.1) is 23.9 Å². The van der Waals surface area contributed by atoms with Crippen LogP contribution in [0.15, 0.2) is 29.2 Å². The number of aryl methyl sites for hydroxylation is 1. The maximum Gasteiger partial charge on any atom is 0.190 e. The molecule has 0 spiro atoms. The zero-order valence-corrected chi connectivity index (χ0v) is 18.8. The van der Waals surface area contributed by atoms with Crippen LogP contribution in [0.1, 0.15) is 33.3 Å². The van der Waals surface area contributed by atoms with Gasteiger partial charge in [0, 0.05) is 0 Å². The molecule has 3 saturated heterocycles. The highest BCUT2D eigenvalue weighted by Gasteiger charge is 2.60. The Labute approximate surface area is 177 Å². The number of hydrogen-bond acceptors (Lipinski definition) is 8. The summed E-state index contributed by atoms with van der Waals surface area (Å²) in [5.41, 5.74) is 1.01. The molecule has 0 amide bonds. The molecule has 3 aliphatic rings. The van der Waals surface area contributed by atoms with Gasteiger partial charge in [0.15, 0.2) is 27.7 Å². The molecule has 5 atom stereocenters. The molecule has 3 fully saturated rings. The molecule has 0 unspecified atom stereocenters. The van der Waals surface area contributed by atoms with Gasteiger partial charge in [0.1, 0.15) is 24.4 Å². The largest absolute Gasteiger partial charge is 0.378 e. The Balaban J connectivity index is 1.36. The van der Waals surface area contributed by atoms with E-state index in [1.165, 1.54) is 0 Å². The summed E-state index contributed by atoms with van der Waals surface area (Å²) in [5.74, 6) is -1.68. The minimum atomic E-state index is -3.41. The third kappa shape index (κ3) is 4.57. The van der Waals surface area contributed by atoms with Crippen LogP contribution in [0.5, 0.6) is 0 Å². The number of rotatable bonds is 6. The van der Waals surface area contributed by atoms with Crippen molar-refractivity contribution in [3.8, 4) is 0 Å². The van der Waals surface area contributed by atoms with Gasteiger partial charge >= 0.3 is 0 Å². The highest BCUT2D eigenvalue weighted by molar-refractivity contribution is 7.91. The maximum absolute atomic E-state index is 12.5. The highest BCUT2D eigenvalue weighted by atomic mass is 32.2. The number of benzene rings is 1. The van der Waals surface area contributed by atoms with Gasteiger partial charge in [-0.2, -0.15) is 0 Å². The lowest BCUT2D eigenvalue weighted by Crippen LogP contribution is -2.56. The summed E-state index contributed by atoms with van der Waals surface area (Å²) < 4.78 is 60.7. The summed E-state index contributed by atoms with van der Waals surface area (Å²) in [6, 6.07) is 6.80. The van der Waals surface area contributed by atoms with E-state index < -0.39 is 46.0 Å². The van der Waals surface area contributed by atoms with Crippen LogP contribution < -0.4 is 0 Å². The summed E-state index contributed by atoms with van der Waals surface area (Å²) in [4.78, 5) is 0.293. The molecule has 0 saturated carbocycles. The molecule has 30 heavy (non-hydrogen) atoms. The van der Waals surface area contributed by atoms with Crippen molar-refractivity contribution in [1.29, 1.82) is 0 Å². The molecular formula is C21H30O8S. The molecule has 0 N–H and O–H groups in total. The fourth-order valence-electron chi connectivity index (χ4n) is 4.06. The van der Waals surface area contributed by atoms with E-state index in [0.29, 0.717) is 4.90 Å². The van der Waals surface area contributed by atoms with E-state index >= 15 is 0 Å². The number of sulfone groups is 1. The first-order valence-electron chi connectivity index (χ1n) is 10.2. The second-order valence-electron chi connectivity index (χ2n) is 8.91. The topological polar surface area (TPSA) is 89.5 Å². The van der Waals surface area contributed by atoms with Crippen molar-refractivity contribution in [2.24, 2.45) is 0 Å². The van der Waals surface area contributed by atoms with E-state index in [2.05, 4.69) is 0 Å². The van der Waals surface area contributed by atoms with Crippen LogP contribution in [0.25, 0.3) is 0 Å². The third-order valence-corrected chi connectivity index (χ3v) is 7.10. The van der Waals surface area contributed by atoms with E-state index in [-0.39, 0.29) is 25.1 Å². The molecule has 0 aliphatic carbocycles. The van der Waals surface area contributed by atoms with Gasteiger partial charge in [-0.05, 0) is 46.8 Å². The Bertz CT molecular complexity index is 863. The average molecular weight is 443 g/mol. The van der Waals surface area contributed by atoms with Gasteiger partial charge in [-0.25, -0.2) is 8.42 Å². The maximum atomic E-state index is 12.5. The summed E-state index contributed by atoms with van der Waals surface area (Å²) in [6.45, 7) is 9.46. The molecule has 9 heteroatoms. The Hall–Kier alpha value is -1.07. The second kappa shape index (κ2) is 7.81. The summed E-state index contributed by atoms with van der Waals surface area (Å²) in [5, 5.41) is 0. The molecule has 0 bridgehead atoms. The predicted octanol–water partition coefficient (Wildman–Crippen LogP) is 2.18. The van der Waals surface area contributed by atoms with Crippen molar-refractivity contribution < 1.29 is 36.8 Å². The van der Waals surface area contributed by atoms with E-state index in [1.807, 2.05) is 34.6 Å². The van der Waals surface area contributed by atoms with Crippen molar-refractivity contribution in [3.63, 3.8) is 0 Å². The first-order chi connectivity index (χ1) is 14.0. The van der Waals surface area contributed by atoms with Crippen LogP contribution in [0.2, 0.25) is 0 Å². The second-order valence-corrected chi connectivity index (χ2v) is 11.0. The van der Waals surface area contributed by atoms with Crippen molar-refractivity contribution >= 4 is 9.84 Å². The van der Waals surface area contributed by atoms with Gasteiger partial charge in [-0.1, -0.05) is 17.7 Å². The summed E-state index contributed by atoms with van der Waals surface area (Å²) in [7, 11) is -3.41. The normalized spacial score (nSPS) is 34.5. The molecule has 3 aliphatic heterocycles. The third-order valence-electron chi connectivity index (χ3n) is 5.41.